The molecule has 0 spiro atoms. The van der Waals surface area contributed by atoms with Crippen LogP contribution in [0.5, 0.6) is 0 Å². The second kappa shape index (κ2) is 7.33. The molecule has 0 saturated carbocycles. The standard InChI is InChI=1S/C17H16F3N3O2/c1-10-4-3-5-11(8-10)14(15(24)23-16(25)21-2)13-9-12(6-7-22-13)17(18,19)20/h3-9,14H,1-2H3,(H2,21,23,24,25). The lowest BCUT2D eigenvalue weighted by molar-refractivity contribution is -0.137. The van der Waals surface area contributed by atoms with E-state index in [0.717, 1.165) is 23.9 Å². The predicted molar refractivity (Wildman–Crippen MR) is 84.9 cm³/mol. The van der Waals surface area contributed by atoms with Crippen molar-refractivity contribution in [3.63, 3.8) is 0 Å². The van der Waals surface area contributed by atoms with Gasteiger partial charge in [0.2, 0.25) is 5.91 Å². The number of halogens is 3. The summed E-state index contributed by atoms with van der Waals surface area (Å²) in [5.41, 5.74) is 0.250. The molecule has 0 radical (unpaired) electrons. The van der Waals surface area contributed by atoms with Crippen LogP contribution in [0.1, 0.15) is 28.3 Å². The number of amides is 3. The Balaban J connectivity index is 2.52. The molecule has 1 heterocycles. The number of hydrogen-bond donors (Lipinski definition) is 2. The van der Waals surface area contributed by atoms with E-state index in [1.165, 1.54) is 7.05 Å². The molecule has 0 saturated heterocycles. The summed E-state index contributed by atoms with van der Waals surface area (Å²) in [7, 11) is 1.33. The first-order valence-electron chi connectivity index (χ1n) is 7.34. The highest BCUT2D eigenvalue weighted by atomic mass is 19.4. The van der Waals surface area contributed by atoms with E-state index in [2.05, 4.69) is 15.6 Å². The first kappa shape index (κ1) is 18.4. The molecule has 1 atom stereocenters. The zero-order chi connectivity index (χ0) is 18.6. The minimum Gasteiger partial charge on any atom is -0.341 e. The molecule has 5 nitrogen and oxygen atoms in total. The van der Waals surface area contributed by atoms with Gasteiger partial charge in [-0.25, -0.2) is 4.79 Å². The number of nitrogens with one attached hydrogen (secondary N) is 2. The number of alkyl halides is 3. The highest BCUT2D eigenvalue weighted by Gasteiger charge is 2.33. The molecule has 0 fully saturated rings. The molecule has 2 rings (SSSR count). The number of carbonyl (C=O) groups excluding carboxylic acids is 2. The Bertz CT molecular complexity index is 791. The van der Waals surface area contributed by atoms with E-state index in [1.807, 2.05) is 0 Å². The zero-order valence-corrected chi connectivity index (χ0v) is 13.5. The van der Waals surface area contributed by atoms with Gasteiger partial charge in [0, 0.05) is 13.2 Å². The van der Waals surface area contributed by atoms with Gasteiger partial charge in [0.1, 0.15) is 5.92 Å². The Morgan fingerprint density at radius 2 is 1.88 bits per heavy atom. The monoisotopic (exact) mass is 351 g/mol. The van der Waals surface area contributed by atoms with Gasteiger partial charge in [0.05, 0.1) is 11.3 Å². The fourth-order valence-electron chi connectivity index (χ4n) is 2.34. The van der Waals surface area contributed by atoms with Crippen LogP contribution in [0.15, 0.2) is 42.6 Å². The Hall–Kier alpha value is -2.90. The van der Waals surface area contributed by atoms with Crippen LogP contribution in [0.25, 0.3) is 0 Å². The topological polar surface area (TPSA) is 71.1 Å². The number of imide groups is 1. The molecule has 0 aliphatic carbocycles. The lowest BCUT2D eigenvalue weighted by atomic mass is 9.92. The van der Waals surface area contributed by atoms with E-state index in [-0.39, 0.29) is 5.69 Å². The highest BCUT2D eigenvalue weighted by molar-refractivity contribution is 5.99. The molecule has 3 amide bonds. The van der Waals surface area contributed by atoms with E-state index in [4.69, 9.17) is 0 Å². The molecule has 1 unspecified atom stereocenters. The second-order valence-electron chi connectivity index (χ2n) is 5.38. The Labute approximate surface area is 142 Å². The maximum atomic E-state index is 13.0. The van der Waals surface area contributed by atoms with Crippen molar-refractivity contribution in [3.05, 3.63) is 65.0 Å². The Morgan fingerprint density at radius 1 is 1.16 bits per heavy atom. The van der Waals surface area contributed by atoms with Gasteiger partial charge in [-0.2, -0.15) is 13.2 Å². The number of urea groups is 1. The van der Waals surface area contributed by atoms with Crippen molar-refractivity contribution < 1.29 is 22.8 Å². The van der Waals surface area contributed by atoms with Crippen molar-refractivity contribution in [1.29, 1.82) is 0 Å². The lowest BCUT2D eigenvalue weighted by Crippen LogP contribution is -2.40. The maximum absolute atomic E-state index is 13.0. The van der Waals surface area contributed by atoms with E-state index in [1.54, 1.807) is 31.2 Å². The van der Waals surface area contributed by atoms with Gasteiger partial charge in [0.25, 0.3) is 0 Å². The van der Waals surface area contributed by atoms with Crippen LogP contribution in [0, 0.1) is 6.92 Å². The van der Waals surface area contributed by atoms with Gasteiger partial charge in [-0.3, -0.25) is 15.1 Å². The van der Waals surface area contributed by atoms with Gasteiger partial charge in [-0.05, 0) is 24.6 Å². The first-order valence-corrected chi connectivity index (χ1v) is 7.34. The minimum absolute atomic E-state index is 0.0955. The summed E-state index contributed by atoms with van der Waals surface area (Å²) in [6.07, 6.45) is -3.57. The van der Waals surface area contributed by atoms with Crippen LogP contribution in [0.4, 0.5) is 18.0 Å². The molecule has 2 aromatic rings. The molecule has 0 aliphatic heterocycles. The van der Waals surface area contributed by atoms with Crippen molar-refractivity contribution in [2.75, 3.05) is 7.05 Å². The van der Waals surface area contributed by atoms with E-state index >= 15 is 0 Å². The lowest BCUT2D eigenvalue weighted by Gasteiger charge is -2.18. The molecule has 0 bridgehead atoms. The molecule has 2 N–H and O–H groups in total. The SMILES string of the molecule is CNC(=O)NC(=O)C(c1cccc(C)c1)c1cc(C(F)(F)F)ccn1. The van der Waals surface area contributed by atoms with E-state index in [9.17, 15) is 22.8 Å². The van der Waals surface area contributed by atoms with Crippen LogP contribution in [-0.2, 0) is 11.0 Å². The van der Waals surface area contributed by atoms with E-state index in [0.29, 0.717) is 5.56 Å². The van der Waals surface area contributed by atoms with Gasteiger partial charge in [0.15, 0.2) is 0 Å². The number of aryl methyl sites for hydroxylation is 1. The van der Waals surface area contributed by atoms with Gasteiger partial charge in [-0.1, -0.05) is 29.8 Å². The first-order chi connectivity index (χ1) is 11.7. The number of benzene rings is 1. The summed E-state index contributed by atoms with van der Waals surface area (Å²) in [6, 6.07) is 7.62. The molecular weight excluding hydrogens is 335 g/mol. The summed E-state index contributed by atoms with van der Waals surface area (Å²) in [5.74, 6) is -1.92. The minimum atomic E-state index is -4.56. The molecule has 1 aromatic carbocycles. The van der Waals surface area contributed by atoms with Crippen LogP contribution < -0.4 is 10.6 Å². The van der Waals surface area contributed by atoms with Crippen LogP contribution >= 0.6 is 0 Å². The summed E-state index contributed by atoms with van der Waals surface area (Å²) in [4.78, 5) is 27.9. The van der Waals surface area contributed by atoms with Gasteiger partial charge in [-0.15, -0.1) is 0 Å². The summed E-state index contributed by atoms with van der Waals surface area (Å²) in [6.45, 7) is 1.79. The predicted octanol–water partition coefficient (Wildman–Crippen LogP) is 3.00. The van der Waals surface area contributed by atoms with Gasteiger partial charge >= 0.3 is 12.2 Å². The fraction of sp³-hybridized carbons (Fsp3) is 0.235. The molecular formula is C17H16F3N3O2. The molecule has 8 heteroatoms. The van der Waals surface area contributed by atoms with Crippen molar-refractivity contribution >= 4 is 11.9 Å². The zero-order valence-electron chi connectivity index (χ0n) is 13.5. The molecule has 25 heavy (non-hydrogen) atoms. The third kappa shape index (κ3) is 4.56. The van der Waals surface area contributed by atoms with E-state index < -0.39 is 29.6 Å². The average molecular weight is 351 g/mol. The number of aromatic nitrogens is 1. The van der Waals surface area contributed by atoms with Crippen molar-refractivity contribution in [2.24, 2.45) is 0 Å². The van der Waals surface area contributed by atoms with Crippen LogP contribution in [0.3, 0.4) is 0 Å². The number of nitrogens with zero attached hydrogens (tertiary/aromatic N) is 1. The summed E-state index contributed by atoms with van der Waals surface area (Å²) < 4.78 is 38.9. The Morgan fingerprint density at radius 3 is 2.48 bits per heavy atom. The van der Waals surface area contributed by atoms with Crippen molar-refractivity contribution in [2.45, 2.75) is 19.0 Å². The quantitative estimate of drug-likeness (QED) is 0.893. The largest absolute Gasteiger partial charge is 0.416 e. The average Bonchev–Trinajstić information content (AvgIpc) is 2.54. The smallest absolute Gasteiger partial charge is 0.341 e. The highest BCUT2D eigenvalue weighted by Crippen LogP contribution is 2.32. The number of pyridine rings is 1. The third-order valence-electron chi connectivity index (χ3n) is 3.51. The maximum Gasteiger partial charge on any atom is 0.416 e. The van der Waals surface area contributed by atoms with Gasteiger partial charge < -0.3 is 5.32 Å². The second-order valence-corrected chi connectivity index (χ2v) is 5.38. The van der Waals surface area contributed by atoms with Crippen molar-refractivity contribution in [1.82, 2.24) is 15.6 Å². The third-order valence-corrected chi connectivity index (χ3v) is 3.51. The summed E-state index contributed by atoms with van der Waals surface area (Å²) >= 11 is 0. The Kier molecular flexibility index (Phi) is 5.41. The van der Waals surface area contributed by atoms with Crippen molar-refractivity contribution in [3.8, 4) is 0 Å². The number of carbonyl (C=O) groups is 2. The fourth-order valence-corrected chi connectivity index (χ4v) is 2.34. The molecule has 0 aliphatic rings. The van der Waals surface area contributed by atoms with Crippen LogP contribution in [-0.4, -0.2) is 24.0 Å². The number of hydrogen-bond acceptors (Lipinski definition) is 3. The molecule has 132 valence electrons. The number of rotatable bonds is 3. The normalized spacial score (nSPS) is 12.4. The molecule has 1 aromatic heterocycles. The van der Waals surface area contributed by atoms with Crippen LogP contribution in [0.2, 0.25) is 0 Å². The summed E-state index contributed by atoms with van der Waals surface area (Å²) in [5, 5.41) is 4.32.